The number of aromatic nitrogens is 3. The molecule has 8 heteroatoms. The summed E-state index contributed by atoms with van der Waals surface area (Å²) in [5.41, 5.74) is 0.739. The first-order valence-corrected chi connectivity index (χ1v) is 6.59. The van der Waals surface area contributed by atoms with Gasteiger partial charge in [-0.2, -0.15) is 5.10 Å². The maximum Gasteiger partial charge on any atom is 0.276 e. The molecule has 1 aromatic carbocycles. The second-order valence-electron chi connectivity index (χ2n) is 3.43. The summed E-state index contributed by atoms with van der Waals surface area (Å²) in [5.74, 6) is 0.623. The van der Waals surface area contributed by atoms with Crippen LogP contribution in [-0.2, 0) is 16.6 Å². The number of rotatable bonds is 5. The van der Waals surface area contributed by atoms with Crippen molar-refractivity contribution >= 4 is 10.0 Å². The van der Waals surface area contributed by atoms with E-state index in [2.05, 4.69) is 19.9 Å². The molecule has 0 atom stereocenters. The van der Waals surface area contributed by atoms with Gasteiger partial charge in [0.1, 0.15) is 12.1 Å². The van der Waals surface area contributed by atoms with Gasteiger partial charge in [-0.1, -0.05) is 18.2 Å². The minimum absolute atomic E-state index is 0.118. The zero-order chi connectivity index (χ0) is 13.0. The summed E-state index contributed by atoms with van der Waals surface area (Å²) in [6.45, 7) is 0.118. The Balaban J connectivity index is 2.13. The lowest BCUT2D eigenvalue weighted by atomic mass is 10.2. The third-order valence-electron chi connectivity index (χ3n) is 2.29. The molecule has 0 spiro atoms. The summed E-state index contributed by atoms with van der Waals surface area (Å²) in [7, 11) is -2.14. The van der Waals surface area contributed by atoms with Crippen molar-refractivity contribution in [1.82, 2.24) is 19.9 Å². The molecule has 0 unspecified atom stereocenters. The highest BCUT2D eigenvalue weighted by atomic mass is 32.2. The highest BCUT2D eigenvalue weighted by molar-refractivity contribution is 7.89. The number of para-hydroxylation sites is 1. The predicted molar refractivity (Wildman–Crippen MR) is 63.4 cm³/mol. The molecule has 18 heavy (non-hydrogen) atoms. The fourth-order valence-corrected chi connectivity index (χ4v) is 2.25. The number of sulfonamides is 1. The molecule has 2 aromatic rings. The Hall–Kier alpha value is -1.93. The first-order valence-electron chi connectivity index (χ1n) is 5.10. The second-order valence-corrected chi connectivity index (χ2v) is 5.11. The van der Waals surface area contributed by atoms with Crippen LogP contribution >= 0.6 is 0 Å². The summed E-state index contributed by atoms with van der Waals surface area (Å²) in [4.78, 5) is 3.59. The molecule has 0 aliphatic rings. The molecule has 1 aromatic heterocycles. The first kappa shape index (κ1) is 12.5. The molecule has 1 heterocycles. The van der Waals surface area contributed by atoms with E-state index in [-0.39, 0.29) is 11.7 Å². The monoisotopic (exact) mass is 268 g/mol. The van der Waals surface area contributed by atoms with Gasteiger partial charge in [-0.25, -0.2) is 23.2 Å². The van der Waals surface area contributed by atoms with Gasteiger partial charge in [0.15, 0.2) is 0 Å². The molecular weight excluding hydrogens is 256 g/mol. The number of aromatic amines is 1. The Kier molecular flexibility index (Phi) is 3.58. The van der Waals surface area contributed by atoms with Gasteiger partial charge >= 0.3 is 0 Å². The molecule has 0 aliphatic heterocycles. The van der Waals surface area contributed by atoms with E-state index in [1.54, 1.807) is 18.2 Å². The number of nitrogens with zero attached hydrogens (tertiary/aromatic N) is 2. The minimum Gasteiger partial charge on any atom is -0.496 e. The fourth-order valence-electron chi connectivity index (χ4n) is 1.41. The van der Waals surface area contributed by atoms with E-state index >= 15 is 0 Å². The third-order valence-corrected chi connectivity index (χ3v) is 3.52. The summed E-state index contributed by atoms with van der Waals surface area (Å²) >= 11 is 0. The van der Waals surface area contributed by atoms with Crippen LogP contribution in [0, 0.1) is 0 Å². The third kappa shape index (κ3) is 2.66. The van der Waals surface area contributed by atoms with Crippen molar-refractivity contribution in [3.63, 3.8) is 0 Å². The summed E-state index contributed by atoms with van der Waals surface area (Å²) in [5, 5.41) is 5.59. The van der Waals surface area contributed by atoms with E-state index in [9.17, 15) is 8.42 Å². The Morgan fingerprint density at radius 3 is 2.83 bits per heavy atom. The summed E-state index contributed by atoms with van der Waals surface area (Å²) in [6.07, 6.45) is 1.14. The average Bonchev–Trinajstić information content (AvgIpc) is 2.91. The van der Waals surface area contributed by atoms with Crippen LogP contribution in [-0.4, -0.2) is 30.7 Å². The molecule has 2 rings (SSSR count). The highest BCUT2D eigenvalue weighted by Crippen LogP contribution is 2.17. The van der Waals surface area contributed by atoms with Crippen LogP contribution in [0.1, 0.15) is 5.56 Å². The van der Waals surface area contributed by atoms with Crippen molar-refractivity contribution in [3.05, 3.63) is 36.2 Å². The van der Waals surface area contributed by atoms with Crippen LogP contribution in [0.25, 0.3) is 0 Å². The fraction of sp³-hybridized carbons (Fsp3) is 0.200. The molecule has 7 nitrogen and oxygen atoms in total. The smallest absolute Gasteiger partial charge is 0.276 e. The molecule has 96 valence electrons. The molecule has 0 fully saturated rings. The molecule has 0 bridgehead atoms. The van der Waals surface area contributed by atoms with Crippen molar-refractivity contribution in [3.8, 4) is 5.75 Å². The van der Waals surface area contributed by atoms with Gasteiger partial charge in [0, 0.05) is 12.1 Å². The van der Waals surface area contributed by atoms with E-state index in [4.69, 9.17) is 4.74 Å². The van der Waals surface area contributed by atoms with E-state index in [1.165, 1.54) is 7.11 Å². The van der Waals surface area contributed by atoms with E-state index in [0.29, 0.717) is 5.75 Å². The SMILES string of the molecule is COc1ccccc1CNS(=O)(=O)c1ncn[nH]1. The normalized spacial score (nSPS) is 11.4. The van der Waals surface area contributed by atoms with Crippen molar-refractivity contribution in [2.24, 2.45) is 0 Å². The zero-order valence-corrected chi connectivity index (χ0v) is 10.4. The van der Waals surface area contributed by atoms with E-state index in [1.807, 2.05) is 6.07 Å². The number of ether oxygens (including phenoxy) is 1. The molecule has 0 radical (unpaired) electrons. The number of H-pyrrole nitrogens is 1. The van der Waals surface area contributed by atoms with Crippen LogP contribution in [0.4, 0.5) is 0 Å². The Morgan fingerprint density at radius 2 is 2.17 bits per heavy atom. The number of benzene rings is 1. The molecular formula is C10H12N4O3S. The highest BCUT2D eigenvalue weighted by Gasteiger charge is 2.17. The van der Waals surface area contributed by atoms with Gasteiger partial charge in [-0.15, -0.1) is 0 Å². The lowest BCUT2D eigenvalue weighted by molar-refractivity contribution is 0.409. The Labute approximate surface area is 104 Å². The van der Waals surface area contributed by atoms with Crippen LogP contribution in [0.3, 0.4) is 0 Å². The minimum atomic E-state index is -3.67. The van der Waals surface area contributed by atoms with Gasteiger partial charge in [-0.05, 0) is 6.07 Å². The summed E-state index contributed by atoms with van der Waals surface area (Å²) in [6, 6.07) is 7.16. The summed E-state index contributed by atoms with van der Waals surface area (Å²) < 4.78 is 31.1. The molecule has 0 saturated heterocycles. The van der Waals surface area contributed by atoms with Crippen molar-refractivity contribution in [2.45, 2.75) is 11.7 Å². The van der Waals surface area contributed by atoms with E-state index in [0.717, 1.165) is 11.9 Å². The number of hydrogen-bond donors (Lipinski definition) is 2. The van der Waals surface area contributed by atoms with Gasteiger partial charge in [0.25, 0.3) is 15.2 Å². The van der Waals surface area contributed by atoms with E-state index < -0.39 is 10.0 Å². The van der Waals surface area contributed by atoms with Crippen molar-refractivity contribution in [2.75, 3.05) is 7.11 Å². The van der Waals surface area contributed by atoms with Gasteiger partial charge < -0.3 is 4.74 Å². The quantitative estimate of drug-likeness (QED) is 0.812. The lowest BCUT2D eigenvalue weighted by Gasteiger charge is -2.08. The Morgan fingerprint density at radius 1 is 1.39 bits per heavy atom. The topological polar surface area (TPSA) is 97.0 Å². The van der Waals surface area contributed by atoms with Gasteiger partial charge in [0.05, 0.1) is 7.11 Å². The van der Waals surface area contributed by atoms with Crippen LogP contribution in [0.15, 0.2) is 35.7 Å². The lowest BCUT2D eigenvalue weighted by Crippen LogP contribution is -2.24. The zero-order valence-electron chi connectivity index (χ0n) is 9.62. The standard InChI is InChI=1S/C10H12N4O3S/c1-17-9-5-3-2-4-8(9)6-13-18(15,16)10-11-7-12-14-10/h2-5,7,13H,6H2,1H3,(H,11,12,14). The molecule has 0 aliphatic carbocycles. The Bertz CT molecular complexity index is 610. The van der Waals surface area contributed by atoms with Crippen molar-refractivity contribution < 1.29 is 13.2 Å². The van der Waals surface area contributed by atoms with Gasteiger partial charge in [-0.3, -0.25) is 0 Å². The second kappa shape index (κ2) is 5.15. The van der Waals surface area contributed by atoms with Crippen LogP contribution < -0.4 is 9.46 Å². The molecule has 0 amide bonds. The van der Waals surface area contributed by atoms with Gasteiger partial charge in [0.2, 0.25) is 0 Å². The maximum absolute atomic E-state index is 11.8. The predicted octanol–water partition coefficient (Wildman–Crippen LogP) is 0.292. The van der Waals surface area contributed by atoms with Crippen molar-refractivity contribution in [1.29, 1.82) is 0 Å². The van der Waals surface area contributed by atoms with Crippen LogP contribution in [0.2, 0.25) is 0 Å². The largest absolute Gasteiger partial charge is 0.496 e. The molecule has 0 saturated carbocycles. The number of nitrogens with one attached hydrogen (secondary N) is 2. The first-order chi connectivity index (χ1) is 8.63. The average molecular weight is 268 g/mol. The number of methoxy groups -OCH3 is 1. The van der Waals surface area contributed by atoms with Crippen LogP contribution in [0.5, 0.6) is 5.75 Å². The molecule has 2 N–H and O–H groups in total. The number of hydrogen-bond acceptors (Lipinski definition) is 5. The maximum atomic E-state index is 11.8.